The first-order valence-electron chi connectivity index (χ1n) is 5.25. The Hall–Kier alpha value is -1.90. The van der Waals surface area contributed by atoms with Crippen LogP contribution in [0.15, 0.2) is 30.3 Å². The predicted molar refractivity (Wildman–Crippen MR) is 66.1 cm³/mol. The molecule has 0 heterocycles. The molecule has 2 aromatic carbocycles. The highest BCUT2D eigenvalue weighted by molar-refractivity contribution is 5.97. The van der Waals surface area contributed by atoms with E-state index in [9.17, 15) is 0 Å². The van der Waals surface area contributed by atoms with Crippen molar-refractivity contribution in [1.82, 2.24) is 0 Å². The third kappa shape index (κ3) is 1.76. The molecule has 2 rings (SSSR count). The average molecular weight is 217 g/mol. The highest BCUT2D eigenvalue weighted by Crippen LogP contribution is 2.32. The summed E-state index contributed by atoms with van der Waals surface area (Å²) in [5, 5.41) is 1.98. The molecule has 16 heavy (non-hydrogen) atoms. The van der Waals surface area contributed by atoms with E-state index >= 15 is 0 Å². The maximum absolute atomic E-state index is 5.92. The third-order valence-corrected chi connectivity index (χ3v) is 2.52. The summed E-state index contributed by atoms with van der Waals surface area (Å²) < 4.78 is 10.8. The van der Waals surface area contributed by atoms with Crippen molar-refractivity contribution < 1.29 is 9.47 Å². The lowest BCUT2D eigenvalue weighted by atomic mass is 10.1. The molecule has 0 radical (unpaired) electrons. The van der Waals surface area contributed by atoms with Gasteiger partial charge in [0, 0.05) is 16.5 Å². The van der Waals surface area contributed by atoms with Gasteiger partial charge in [-0.15, -0.1) is 0 Å². The Balaban J connectivity index is 2.67. The molecule has 0 spiro atoms. The molecule has 0 aliphatic carbocycles. The molecule has 0 saturated heterocycles. The first-order valence-corrected chi connectivity index (χ1v) is 5.25. The number of benzene rings is 2. The van der Waals surface area contributed by atoms with Crippen molar-refractivity contribution in [2.24, 2.45) is 0 Å². The Kier molecular flexibility index (Phi) is 2.86. The molecule has 0 fully saturated rings. The molecule has 2 aromatic rings. The first kappa shape index (κ1) is 10.6. The van der Waals surface area contributed by atoms with Crippen LogP contribution in [0.3, 0.4) is 0 Å². The van der Waals surface area contributed by atoms with Gasteiger partial charge in [-0.2, -0.15) is 0 Å². The number of anilines is 1. The van der Waals surface area contributed by atoms with Crippen molar-refractivity contribution >= 4 is 16.5 Å². The monoisotopic (exact) mass is 217 g/mol. The van der Waals surface area contributed by atoms with Crippen molar-refractivity contribution in [3.8, 4) is 11.5 Å². The molecule has 3 heteroatoms. The molecule has 0 amide bonds. The van der Waals surface area contributed by atoms with Crippen LogP contribution < -0.4 is 15.2 Å². The highest BCUT2D eigenvalue weighted by Gasteiger charge is 2.06. The SMILES string of the molecule is CCOc1ccc(N)c2ccc(OC)cc12. The number of nitrogens with two attached hydrogens (primary N) is 1. The summed E-state index contributed by atoms with van der Waals surface area (Å²) in [6.45, 7) is 2.60. The standard InChI is InChI=1S/C13H15NO2/c1-3-16-13-7-6-12(14)10-5-4-9(15-2)8-11(10)13/h4-8H,3,14H2,1-2H3. The highest BCUT2D eigenvalue weighted by atomic mass is 16.5. The number of methoxy groups -OCH3 is 1. The smallest absolute Gasteiger partial charge is 0.127 e. The maximum Gasteiger partial charge on any atom is 0.127 e. The molecule has 0 unspecified atom stereocenters. The van der Waals surface area contributed by atoms with Crippen LogP contribution in [0, 0.1) is 0 Å². The number of hydrogen-bond donors (Lipinski definition) is 1. The molecular weight excluding hydrogens is 202 g/mol. The molecule has 84 valence electrons. The van der Waals surface area contributed by atoms with Gasteiger partial charge in [0.15, 0.2) is 0 Å². The van der Waals surface area contributed by atoms with Crippen LogP contribution in [-0.2, 0) is 0 Å². The van der Waals surface area contributed by atoms with E-state index in [2.05, 4.69) is 0 Å². The number of hydrogen-bond acceptors (Lipinski definition) is 3. The van der Waals surface area contributed by atoms with Crippen LogP contribution in [0.4, 0.5) is 5.69 Å². The van der Waals surface area contributed by atoms with Crippen LogP contribution in [-0.4, -0.2) is 13.7 Å². The molecule has 0 atom stereocenters. The van der Waals surface area contributed by atoms with Gasteiger partial charge in [-0.25, -0.2) is 0 Å². The quantitative estimate of drug-likeness (QED) is 0.804. The number of nitrogen functional groups attached to an aromatic ring is 1. The summed E-state index contributed by atoms with van der Waals surface area (Å²) in [6.07, 6.45) is 0. The van der Waals surface area contributed by atoms with Crippen molar-refractivity contribution in [3.05, 3.63) is 30.3 Å². The fourth-order valence-electron chi connectivity index (χ4n) is 1.73. The zero-order chi connectivity index (χ0) is 11.5. The molecular formula is C13H15NO2. The van der Waals surface area contributed by atoms with Crippen molar-refractivity contribution in [2.45, 2.75) is 6.92 Å². The molecule has 0 aliphatic heterocycles. The summed E-state index contributed by atoms with van der Waals surface area (Å²) in [7, 11) is 1.65. The average Bonchev–Trinajstić information content (AvgIpc) is 2.32. The fourth-order valence-corrected chi connectivity index (χ4v) is 1.73. The van der Waals surface area contributed by atoms with Crippen LogP contribution in [0.2, 0.25) is 0 Å². The van der Waals surface area contributed by atoms with Gasteiger partial charge in [0.1, 0.15) is 11.5 Å². The van der Waals surface area contributed by atoms with Crippen molar-refractivity contribution in [2.75, 3.05) is 19.5 Å². The Labute approximate surface area is 94.8 Å². The second-order valence-corrected chi connectivity index (χ2v) is 3.50. The lowest BCUT2D eigenvalue weighted by Crippen LogP contribution is -1.95. The first-order chi connectivity index (χ1) is 7.76. The van der Waals surface area contributed by atoms with Crippen LogP contribution in [0.25, 0.3) is 10.8 Å². The zero-order valence-electron chi connectivity index (χ0n) is 9.49. The fraction of sp³-hybridized carbons (Fsp3) is 0.231. The maximum atomic E-state index is 5.92. The molecule has 0 aromatic heterocycles. The summed E-state index contributed by atoms with van der Waals surface area (Å²) in [4.78, 5) is 0. The van der Waals surface area contributed by atoms with Gasteiger partial charge in [-0.05, 0) is 37.3 Å². The molecule has 3 nitrogen and oxygen atoms in total. The minimum Gasteiger partial charge on any atom is -0.497 e. The van der Waals surface area contributed by atoms with E-state index in [1.807, 2.05) is 37.3 Å². The zero-order valence-corrected chi connectivity index (χ0v) is 9.49. The minimum atomic E-state index is 0.635. The second-order valence-electron chi connectivity index (χ2n) is 3.50. The van der Waals surface area contributed by atoms with Gasteiger partial charge in [0.25, 0.3) is 0 Å². The van der Waals surface area contributed by atoms with Crippen LogP contribution >= 0.6 is 0 Å². The predicted octanol–water partition coefficient (Wildman–Crippen LogP) is 2.83. The van der Waals surface area contributed by atoms with E-state index < -0.39 is 0 Å². The molecule has 0 aliphatic rings. The Morgan fingerprint density at radius 2 is 1.94 bits per heavy atom. The van der Waals surface area contributed by atoms with Gasteiger partial charge >= 0.3 is 0 Å². The summed E-state index contributed by atoms with van der Waals surface area (Å²) >= 11 is 0. The Bertz CT molecular complexity index is 509. The summed E-state index contributed by atoms with van der Waals surface area (Å²) in [6, 6.07) is 9.54. The van der Waals surface area contributed by atoms with Gasteiger partial charge in [0.2, 0.25) is 0 Å². The second kappa shape index (κ2) is 4.31. The number of fused-ring (bicyclic) bond motifs is 1. The molecule has 2 N–H and O–H groups in total. The van der Waals surface area contributed by atoms with E-state index in [1.54, 1.807) is 7.11 Å². The van der Waals surface area contributed by atoms with Crippen molar-refractivity contribution in [1.29, 1.82) is 0 Å². The topological polar surface area (TPSA) is 44.5 Å². The summed E-state index contributed by atoms with van der Waals surface area (Å²) in [5.74, 6) is 1.64. The van der Waals surface area contributed by atoms with E-state index in [1.165, 1.54) is 0 Å². The Morgan fingerprint density at radius 1 is 1.12 bits per heavy atom. The van der Waals surface area contributed by atoms with Gasteiger partial charge in [-0.1, -0.05) is 0 Å². The van der Waals surface area contributed by atoms with E-state index in [4.69, 9.17) is 15.2 Å². The third-order valence-electron chi connectivity index (χ3n) is 2.52. The largest absolute Gasteiger partial charge is 0.497 e. The lowest BCUT2D eigenvalue weighted by molar-refractivity contribution is 0.344. The van der Waals surface area contributed by atoms with Gasteiger partial charge in [0.05, 0.1) is 13.7 Å². The van der Waals surface area contributed by atoms with Crippen LogP contribution in [0.5, 0.6) is 11.5 Å². The lowest BCUT2D eigenvalue weighted by Gasteiger charge is -2.10. The summed E-state index contributed by atoms with van der Waals surface area (Å²) in [5.41, 5.74) is 6.67. The number of ether oxygens (including phenoxy) is 2. The Morgan fingerprint density at radius 3 is 2.62 bits per heavy atom. The normalized spacial score (nSPS) is 10.4. The molecule has 0 saturated carbocycles. The minimum absolute atomic E-state index is 0.635. The van der Waals surface area contributed by atoms with Crippen LogP contribution in [0.1, 0.15) is 6.92 Å². The van der Waals surface area contributed by atoms with E-state index in [-0.39, 0.29) is 0 Å². The van der Waals surface area contributed by atoms with E-state index in [0.29, 0.717) is 6.61 Å². The molecule has 0 bridgehead atoms. The number of rotatable bonds is 3. The van der Waals surface area contributed by atoms with Crippen molar-refractivity contribution in [3.63, 3.8) is 0 Å². The van der Waals surface area contributed by atoms with Gasteiger partial charge < -0.3 is 15.2 Å². The van der Waals surface area contributed by atoms with Gasteiger partial charge in [-0.3, -0.25) is 0 Å². The van der Waals surface area contributed by atoms with E-state index in [0.717, 1.165) is 28.0 Å².